The Bertz CT molecular complexity index is 442. The third-order valence-electron chi connectivity index (χ3n) is 4.75. The molecule has 0 saturated carbocycles. The van der Waals surface area contributed by atoms with Crippen LogP contribution in [-0.2, 0) is 9.31 Å². The van der Waals surface area contributed by atoms with Crippen molar-refractivity contribution in [2.45, 2.75) is 59.4 Å². The molecule has 0 aromatic carbocycles. The molecular weight excluding hydrogens is 261 g/mol. The highest BCUT2D eigenvalue weighted by Crippen LogP contribution is 2.35. The van der Waals surface area contributed by atoms with E-state index < -0.39 is 0 Å². The van der Waals surface area contributed by atoms with E-state index in [0.29, 0.717) is 5.92 Å². The molecule has 2 aliphatic rings. The summed E-state index contributed by atoms with van der Waals surface area (Å²) < 4.78 is 12.2. The zero-order valence-electron chi connectivity index (χ0n) is 14.0. The molecule has 3 atom stereocenters. The predicted octanol–water partition coefficient (Wildman–Crippen LogP) is 4.27. The van der Waals surface area contributed by atoms with Crippen LogP contribution in [0.2, 0.25) is 5.82 Å². The van der Waals surface area contributed by atoms with E-state index in [-0.39, 0.29) is 24.5 Å². The number of hydrogen-bond acceptors (Lipinski definition) is 3. The second-order valence-corrected chi connectivity index (χ2v) is 6.91. The van der Waals surface area contributed by atoms with Gasteiger partial charge in [-0.1, -0.05) is 45.9 Å². The molecule has 0 spiro atoms. The van der Waals surface area contributed by atoms with Gasteiger partial charge in [0.1, 0.15) is 0 Å². The topological polar surface area (TPSA) is 30.8 Å². The Labute approximate surface area is 129 Å². The molecule has 2 aliphatic heterocycles. The summed E-state index contributed by atoms with van der Waals surface area (Å²) in [6.45, 7) is 11.6. The summed E-state index contributed by atoms with van der Waals surface area (Å²) in [7, 11) is -0.178. The number of hydrogen-bond donors (Lipinski definition) is 0. The molecular formula is C17H28BNO2. The third kappa shape index (κ3) is 4.07. The van der Waals surface area contributed by atoms with Crippen molar-refractivity contribution >= 4 is 12.8 Å². The van der Waals surface area contributed by atoms with Gasteiger partial charge >= 0.3 is 7.12 Å². The van der Waals surface area contributed by atoms with Gasteiger partial charge in [-0.25, -0.2) is 0 Å². The highest BCUT2D eigenvalue weighted by Gasteiger charge is 2.42. The highest BCUT2D eigenvalue weighted by atomic mass is 16.6. The summed E-state index contributed by atoms with van der Waals surface area (Å²) in [6, 6.07) is 0. The summed E-state index contributed by atoms with van der Waals surface area (Å²) in [5.41, 5.74) is 1.29. The maximum absolute atomic E-state index is 6.15. The summed E-state index contributed by atoms with van der Waals surface area (Å²) in [6.07, 6.45) is 10.7. The van der Waals surface area contributed by atoms with Gasteiger partial charge in [-0.3, -0.25) is 4.99 Å². The van der Waals surface area contributed by atoms with Crippen molar-refractivity contribution < 1.29 is 9.31 Å². The highest BCUT2D eigenvalue weighted by molar-refractivity contribution is 6.47. The average Bonchev–Trinajstić information content (AvgIpc) is 2.52. The molecule has 2 rings (SSSR count). The Morgan fingerprint density at radius 2 is 2.10 bits per heavy atom. The second-order valence-electron chi connectivity index (χ2n) is 6.91. The van der Waals surface area contributed by atoms with Crippen molar-refractivity contribution in [1.29, 1.82) is 0 Å². The van der Waals surface area contributed by atoms with Gasteiger partial charge in [-0.15, -0.1) is 0 Å². The van der Waals surface area contributed by atoms with Gasteiger partial charge in [0.05, 0.1) is 0 Å². The molecule has 1 fully saturated rings. The third-order valence-corrected chi connectivity index (χ3v) is 4.75. The van der Waals surface area contributed by atoms with Crippen LogP contribution in [0.25, 0.3) is 0 Å². The number of nitrogens with zero attached hydrogens (tertiary/aromatic N) is 1. The molecule has 1 saturated heterocycles. The van der Waals surface area contributed by atoms with Crippen LogP contribution >= 0.6 is 0 Å². The predicted molar refractivity (Wildman–Crippen MR) is 89.6 cm³/mol. The Hall–Kier alpha value is -0.865. The zero-order chi connectivity index (χ0) is 15.5. The molecule has 2 heterocycles. The van der Waals surface area contributed by atoms with Crippen molar-refractivity contribution in [3.05, 3.63) is 24.4 Å². The quantitative estimate of drug-likeness (QED) is 0.561. The largest absolute Gasteiger partial charge is 0.465 e. The van der Waals surface area contributed by atoms with Gasteiger partial charge < -0.3 is 9.31 Å². The van der Waals surface area contributed by atoms with Crippen LogP contribution in [0, 0.1) is 11.3 Å². The normalized spacial score (nSPS) is 38.6. The zero-order valence-corrected chi connectivity index (χ0v) is 14.0. The Balaban J connectivity index is 2.13. The lowest BCUT2D eigenvalue weighted by atomic mass is 9.63. The van der Waals surface area contributed by atoms with Gasteiger partial charge in [0.2, 0.25) is 0 Å². The van der Waals surface area contributed by atoms with E-state index in [9.17, 15) is 0 Å². The lowest BCUT2D eigenvalue weighted by Crippen LogP contribution is -2.48. The molecule has 0 radical (unpaired) electrons. The van der Waals surface area contributed by atoms with Gasteiger partial charge in [0.15, 0.2) is 0 Å². The van der Waals surface area contributed by atoms with Crippen LogP contribution in [0.1, 0.15) is 47.5 Å². The molecule has 3 unspecified atom stereocenters. The molecule has 0 aliphatic carbocycles. The van der Waals surface area contributed by atoms with Crippen LogP contribution in [0.5, 0.6) is 0 Å². The molecule has 0 aromatic rings. The molecule has 0 aromatic heterocycles. The maximum atomic E-state index is 6.15. The summed E-state index contributed by atoms with van der Waals surface area (Å²) in [5, 5.41) is 0. The van der Waals surface area contributed by atoms with E-state index in [0.717, 1.165) is 19.4 Å². The summed E-state index contributed by atoms with van der Waals surface area (Å²) >= 11 is 0. The molecule has 21 heavy (non-hydrogen) atoms. The van der Waals surface area contributed by atoms with Crippen LogP contribution in [0.15, 0.2) is 29.4 Å². The fraction of sp³-hybridized carbons (Fsp3) is 0.706. The van der Waals surface area contributed by atoms with Gasteiger partial charge in [0, 0.05) is 42.3 Å². The fourth-order valence-electron chi connectivity index (χ4n) is 2.64. The standard InChI is InChI=1S/C17H28BNO2/c1-6-15-9-7-8-13(2)16(10-11-19-15)18-20-12-17(4,5)14(3)21-18/h7-8,10-11,13-14,16H,6,9,12H2,1-5H3/b8-7-,11-10+,19-15-. The molecule has 0 amide bonds. The van der Waals surface area contributed by atoms with E-state index in [1.807, 2.05) is 6.20 Å². The van der Waals surface area contributed by atoms with Crippen LogP contribution in [-0.4, -0.2) is 25.5 Å². The first-order valence-electron chi connectivity index (χ1n) is 8.10. The number of rotatable bonds is 2. The minimum Gasteiger partial charge on any atom is -0.410 e. The minimum atomic E-state index is -0.178. The smallest absolute Gasteiger partial charge is 0.410 e. The Kier molecular flexibility index (Phi) is 5.45. The Morgan fingerprint density at radius 3 is 2.76 bits per heavy atom. The van der Waals surface area contributed by atoms with E-state index in [4.69, 9.17) is 9.31 Å². The van der Waals surface area contributed by atoms with Crippen molar-refractivity contribution in [2.75, 3.05) is 6.61 Å². The first kappa shape index (κ1) is 16.5. The van der Waals surface area contributed by atoms with Crippen LogP contribution in [0.3, 0.4) is 0 Å². The van der Waals surface area contributed by atoms with E-state index >= 15 is 0 Å². The van der Waals surface area contributed by atoms with Crippen molar-refractivity contribution in [1.82, 2.24) is 0 Å². The van der Waals surface area contributed by atoms with E-state index in [2.05, 4.69) is 57.8 Å². The number of aliphatic imine (C=N–C) groups is 1. The molecule has 3 nitrogen and oxygen atoms in total. The maximum Gasteiger partial charge on any atom is 0.465 e. The molecule has 4 heteroatoms. The van der Waals surface area contributed by atoms with E-state index in [1.165, 1.54) is 5.71 Å². The van der Waals surface area contributed by atoms with Crippen LogP contribution < -0.4 is 0 Å². The second kappa shape index (κ2) is 6.93. The monoisotopic (exact) mass is 289 g/mol. The Morgan fingerprint density at radius 1 is 1.33 bits per heavy atom. The van der Waals surface area contributed by atoms with Crippen molar-refractivity contribution in [2.24, 2.45) is 16.3 Å². The summed E-state index contributed by atoms with van der Waals surface area (Å²) in [5.74, 6) is 0.589. The summed E-state index contributed by atoms with van der Waals surface area (Å²) in [4.78, 5) is 4.56. The molecule has 116 valence electrons. The lowest BCUT2D eigenvalue weighted by Gasteiger charge is -2.41. The molecule has 0 bridgehead atoms. The first-order chi connectivity index (χ1) is 9.94. The first-order valence-corrected chi connectivity index (χ1v) is 8.10. The SMILES string of the molecule is CC/C1=N/C=C/C(B2OCC(C)(C)C(C)O2)C(C)/C=C\C1. The average molecular weight is 289 g/mol. The van der Waals surface area contributed by atoms with E-state index in [1.54, 1.807) is 0 Å². The molecule has 0 N–H and O–H groups in total. The van der Waals surface area contributed by atoms with Crippen molar-refractivity contribution in [3.63, 3.8) is 0 Å². The van der Waals surface area contributed by atoms with Crippen LogP contribution in [0.4, 0.5) is 0 Å². The van der Waals surface area contributed by atoms with Crippen molar-refractivity contribution in [3.8, 4) is 0 Å². The number of allylic oxidation sites excluding steroid dienone is 3. The van der Waals surface area contributed by atoms with Gasteiger partial charge in [-0.2, -0.15) is 0 Å². The minimum absolute atomic E-state index is 0.0747. The van der Waals surface area contributed by atoms with Gasteiger partial charge in [-0.05, 0) is 19.3 Å². The fourth-order valence-corrected chi connectivity index (χ4v) is 2.64. The van der Waals surface area contributed by atoms with Gasteiger partial charge in [0.25, 0.3) is 0 Å². The lowest BCUT2D eigenvalue weighted by molar-refractivity contribution is -0.0310.